The van der Waals surface area contributed by atoms with Gasteiger partial charge in [-0.05, 0) is 36.2 Å². The van der Waals surface area contributed by atoms with Crippen LogP contribution >= 0.6 is 22.9 Å². The zero-order valence-corrected chi connectivity index (χ0v) is 11.2. The fourth-order valence-corrected chi connectivity index (χ4v) is 3.01. The van der Waals surface area contributed by atoms with Crippen LogP contribution in [0.2, 0.25) is 5.02 Å². The standard InChI is InChI=1S/C13H15ClN2S/c1-2-11-6-7-12(17-11)13(16-15)9-4-3-5-10(14)8-9/h3-8,13,16H,2,15H2,1H3. The van der Waals surface area contributed by atoms with Gasteiger partial charge in [0.2, 0.25) is 0 Å². The van der Waals surface area contributed by atoms with Gasteiger partial charge in [-0.25, -0.2) is 5.43 Å². The van der Waals surface area contributed by atoms with Gasteiger partial charge in [0.05, 0.1) is 6.04 Å². The van der Waals surface area contributed by atoms with Gasteiger partial charge in [-0.15, -0.1) is 11.3 Å². The fourth-order valence-electron chi connectivity index (χ4n) is 1.77. The Hall–Kier alpha value is -0.870. The van der Waals surface area contributed by atoms with Crippen LogP contribution in [0.15, 0.2) is 36.4 Å². The zero-order chi connectivity index (χ0) is 12.3. The molecule has 17 heavy (non-hydrogen) atoms. The normalized spacial score (nSPS) is 12.6. The van der Waals surface area contributed by atoms with E-state index in [2.05, 4.69) is 24.5 Å². The maximum atomic E-state index is 6.00. The summed E-state index contributed by atoms with van der Waals surface area (Å²) < 4.78 is 0. The van der Waals surface area contributed by atoms with Crippen LogP contribution in [0.5, 0.6) is 0 Å². The summed E-state index contributed by atoms with van der Waals surface area (Å²) in [6, 6.07) is 12.1. The Kier molecular flexibility index (Phi) is 4.18. The average Bonchev–Trinajstić information content (AvgIpc) is 2.79. The maximum absolute atomic E-state index is 6.00. The second kappa shape index (κ2) is 5.65. The molecule has 0 aliphatic heterocycles. The molecular formula is C13H15ClN2S. The molecule has 3 N–H and O–H groups in total. The molecule has 0 radical (unpaired) electrons. The third kappa shape index (κ3) is 2.87. The predicted octanol–water partition coefficient (Wildman–Crippen LogP) is 3.52. The minimum absolute atomic E-state index is 0.0130. The molecule has 1 unspecified atom stereocenters. The van der Waals surface area contributed by atoms with Crippen molar-refractivity contribution in [3.63, 3.8) is 0 Å². The monoisotopic (exact) mass is 266 g/mol. The molecule has 0 amide bonds. The van der Waals surface area contributed by atoms with Crippen molar-refractivity contribution in [1.29, 1.82) is 0 Å². The molecule has 1 aromatic heterocycles. The molecule has 0 saturated heterocycles. The summed E-state index contributed by atoms with van der Waals surface area (Å²) in [5, 5.41) is 0.732. The Morgan fingerprint density at radius 1 is 1.35 bits per heavy atom. The van der Waals surface area contributed by atoms with Crippen LogP contribution in [-0.2, 0) is 6.42 Å². The largest absolute Gasteiger partial charge is 0.271 e. The summed E-state index contributed by atoms with van der Waals surface area (Å²) in [6.45, 7) is 2.15. The third-order valence-electron chi connectivity index (χ3n) is 2.66. The van der Waals surface area contributed by atoms with E-state index in [1.54, 1.807) is 11.3 Å². The minimum atomic E-state index is 0.0130. The first-order valence-corrected chi connectivity index (χ1v) is 6.74. The van der Waals surface area contributed by atoms with E-state index in [0.29, 0.717) is 0 Å². The Morgan fingerprint density at radius 2 is 2.18 bits per heavy atom. The summed E-state index contributed by atoms with van der Waals surface area (Å²) in [6.07, 6.45) is 1.05. The molecule has 2 nitrogen and oxygen atoms in total. The van der Waals surface area contributed by atoms with Crippen LogP contribution < -0.4 is 11.3 Å². The van der Waals surface area contributed by atoms with E-state index < -0.39 is 0 Å². The zero-order valence-electron chi connectivity index (χ0n) is 9.61. The lowest BCUT2D eigenvalue weighted by Gasteiger charge is -2.14. The van der Waals surface area contributed by atoms with E-state index in [1.807, 2.05) is 24.3 Å². The molecule has 0 saturated carbocycles. The Bertz CT molecular complexity index is 496. The van der Waals surface area contributed by atoms with Gasteiger partial charge in [0.25, 0.3) is 0 Å². The SMILES string of the molecule is CCc1ccc(C(NN)c2cccc(Cl)c2)s1. The van der Waals surface area contributed by atoms with Gasteiger partial charge in [-0.2, -0.15) is 0 Å². The van der Waals surface area contributed by atoms with E-state index in [1.165, 1.54) is 9.75 Å². The van der Waals surface area contributed by atoms with Crippen molar-refractivity contribution in [3.05, 3.63) is 56.7 Å². The first kappa shape index (κ1) is 12.6. The van der Waals surface area contributed by atoms with E-state index >= 15 is 0 Å². The summed E-state index contributed by atoms with van der Waals surface area (Å²) in [5.74, 6) is 5.65. The van der Waals surface area contributed by atoms with Crippen molar-refractivity contribution < 1.29 is 0 Å². The van der Waals surface area contributed by atoms with Crippen molar-refractivity contribution in [3.8, 4) is 0 Å². The lowest BCUT2D eigenvalue weighted by Crippen LogP contribution is -2.28. The maximum Gasteiger partial charge on any atom is 0.0803 e. The molecule has 1 heterocycles. The quantitative estimate of drug-likeness (QED) is 0.656. The number of aryl methyl sites for hydroxylation is 1. The topological polar surface area (TPSA) is 38.0 Å². The van der Waals surface area contributed by atoms with Crippen molar-refractivity contribution in [2.24, 2.45) is 5.84 Å². The molecule has 90 valence electrons. The Balaban J connectivity index is 2.33. The molecule has 1 aromatic carbocycles. The van der Waals surface area contributed by atoms with E-state index in [9.17, 15) is 0 Å². The average molecular weight is 267 g/mol. The number of halogens is 1. The molecule has 2 aromatic rings. The summed E-state index contributed by atoms with van der Waals surface area (Å²) >= 11 is 7.78. The van der Waals surface area contributed by atoms with Crippen LogP contribution in [0, 0.1) is 0 Å². The van der Waals surface area contributed by atoms with Crippen LogP contribution in [0.1, 0.15) is 28.3 Å². The highest BCUT2D eigenvalue weighted by molar-refractivity contribution is 7.12. The number of nitrogens with one attached hydrogen (secondary N) is 1. The van der Waals surface area contributed by atoms with Crippen LogP contribution in [0.25, 0.3) is 0 Å². The van der Waals surface area contributed by atoms with Gasteiger partial charge in [0.1, 0.15) is 0 Å². The number of nitrogens with two attached hydrogens (primary N) is 1. The van der Waals surface area contributed by atoms with Gasteiger partial charge in [0, 0.05) is 14.8 Å². The molecule has 1 atom stereocenters. The lowest BCUT2D eigenvalue weighted by molar-refractivity contribution is 0.646. The first-order chi connectivity index (χ1) is 8.24. The lowest BCUT2D eigenvalue weighted by atomic mass is 10.1. The molecular weight excluding hydrogens is 252 g/mol. The molecule has 4 heteroatoms. The Morgan fingerprint density at radius 3 is 2.76 bits per heavy atom. The summed E-state index contributed by atoms with van der Waals surface area (Å²) in [4.78, 5) is 2.58. The highest BCUT2D eigenvalue weighted by atomic mass is 35.5. The number of hydrazine groups is 1. The number of thiophene rings is 1. The molecule has 0 fully saturated rings. The van der Waals surface area contributed by atoms with E-state index in [0.717, 1.165) is 17.0 Å². The number of rotatable bonds is 4. The van der Waals surface area contributed by atoms with Crippen molar-refractivity contribution in [2.75, 3.05) is 0 Å². The van der Waals surface area contributed by atoms with Crippen molar-refractivity contribution >= 4 is 22.9 Å². The summed E-state index contributed by atoms with van der Waals surface area (Å²) in [7, 11) is 0. The van der Waals surface area contributed by atoms with Gasteiger partial charge < -0.3 is 0 Å². The highest BCUT2D eigenvalue weighted by Crippen LogP contribution is 2.29. The molecule has 0 bridgehead atoms. The van der Waals surface area contributed by atoms with Gasteiger partial charge >= 0.3 is 0 Å². The predicted molar refractivity (Wildman–Crippen MR) is 74.3 cm³/mol. The van der Waals surface area contributed by atoms with E-state index in [4.69, 9.17) is 17.4 Å². The minimum Gasteiger partial charge on any atom is -0.271 e. The van der Waals surface area contributed by atoms with Gasteiger partial charge in [-0.1, -0.05) is 30.7 Å². The number of hydrogen-bond acceptors (Lipinski definition) is 3. The molecule has 0 aliphatic carbocycles. The van der Waals surface area contributed by atoms with Crippen LogP contribution in [0.3, 0.4) is 0 Å². The molecule has 0 aliphatic rings. The van der Waals surface area contributed by atoms with Gasteiger partial charge in [0.15, 0.2) is 0 Å². The van der Waals surface area contributed by atoms with Crippen LogP contribution in [0.4, 0.5) is 0 Å². The summed E-state index contributed by atoms with van der Waals surface area (Å²) in [5.41, 5.74) is 3.94. The third-order valence-corrected chi connectivity index (χ3v) is 4.19. The second-order valence-corrected chi connectivity index (χ2v) is 5.45. The fraction of sp³-hybridized carbons (Fsp3) is 0.231. The highest BCUT2D eigenvalue weighted by Gasteiger charge is 2.14. The van der Waals surface area contributed by atoms with E-state index in [-0.39, 0.29) is 6.04 Å². The first-order valence-electron chi connectivity index (χ1n) is 5.54. The second-order valence-electron chi connectivity index (χ2n) is 3.81. The van der Waals surface area contributed by atoms with Crippen LogP contribution in [-0.4, -0.2) is 0 Å². The Labute approximate surface area is 110 Å². The van der Waals surface area contributed by atoms with Crippen molar-refractivity contribution in [2.45, 2.75) is 19.4 Å². The molecule has 0 spiro atoms. The number of hydrogen-bond donors (Lipinski definition) is 2. The van der Waals surface area contributed by atoms with Crippen molar-refractivity contribution in [1.82, 2.24) is 5.43 Å². The number of benzene rings is 1. The van der Waals surface area contributed by atoms with Gasteiger partial charge in [-0.3, -0.25) is 5.84 Å². The molecule has 2 rings (SSSR count). The smallest absolute Gasteiger partial charge is 0.0803 e.